The Morgan fingerprint density at radius 2 is 1.43 bits per heavy atom. The molecule has 30 heavy (non-hydrogen) atoms. The van der Waals surface area contributed by atoms with Gasteiger partial charge < -0.3 is 9.42 Å². The van der Waals surface area contributed by atoms with Crippen LogP contribution in [0, 0.1) is 0 Å². The Labute approximate surface area is 176 Å². The van der Waals surface area contributed by atoms with Gasteiger partial charge in [0, 0.05) is 12.1 Å². The van der Waals surface area contributed by atoms with Crippen molar-refractivity contribution in [1.82, 2.24) is 15.0 Å². The standard InChI is InChI=1S/C25H23N3O2/c1-2-28(18-23-26-25(27-30-23)22-11-7-4-8-12-22)24(29)17-19-13-15-21(16-14-19)20-9-5-3-6-10-20/h3-16H,2,17-18H2,1H3. The van der Waals surface area contributed by atoms with Crippen molar-refractivity contribution in [3.05, 3.63) is 96.4 Å². The number of aromatic nitrogens is 2. The van der Waals surface area contributed by atoms with Gasteiger partial charge in [-0.25, -0.2) is 0 Å². The summed E-state index contributed by atoms with van der Waals surface area (Å²) in [5.74, 6) is 0.999. The minimum atomic E-state index is 0.0319. The van der Waals surface area contributed by atoms with Crippen molar-refractivity contribution in [2.24, 2.45) is 0 Å². The molecule has 0 aliphatic carbocycles. The van der Waals surface area contributed by atoms with Crippen LogP contribution in [0.2, 0.25) is 0 Å². The summed E-state index contributed by atoms with van der Waals surface area (Å²) in [6.07, 6.45) is 0.336. The van der Waals surface area contributed by atoms with Gasteiger partial charge in [-0.2, -0.15) is 4.98 Å². The Morgan fingerprint density at radius 3 is 2.07 bits per heavy atom. The molecule has 0 bridgehead atoms. The first-order valence-electron chi connectivity index (χ1n) is 10.0. The number of carbonyl (C=O) groups excluding carboxylic acids is 1. The van der Waals surface area contributed by atoms with Crippen LogP contribution in [0.5, 0.6) is 0 Å². The Balaban J connectivity index is 1.40. The normalized spacial score (nSPS) is 10.7. The SMILES string of the molecule is CCN(Cc1nc(-c2ccccc2)no1)C(=O)Cc1ccc(-c2ccccc2)cc1. The number of nitrogens with zero attached hydrogens (tertiary/aromatic N) is 3. The summed E-state index contributed by atoms with van der Waals surface area (Å²) in [6, 6.07) is 28.0. The third-order valence-electron chi connectivity index (χ3n) is 4.98. The third kappa shape index (κ3) is 4.63. The van der Waals surface area contributed by atoms with Crippen LogP contribution in [0.4, 0.5) is 0 Å². The molecule has 0 spiro atoms. The second-order valence-electron chi connectivity index (χ2n) is 7.03. The summed E-state index contributed by atoms with van der Waals surface area (Å²) in [5.41, 5.74) is 4.17. The quantitative estimate of drug-likeness (QED) is 0.441. The monoisotopic (exact) mass is 397 g/mol. The number of amides is 1. The summed E-state index contributed by atoms with van der Waals surface area (Å²) >= 11 is 0. The lowest BCUT2D eigenvalue weighted by atomic mass is 10.0. The van der Waals surface area contributed by atoms with E-state index in [2.05, 4.69) is 34.4 Å². The topological polar surface area (TPSA) is 59.2 Å². The maximum Gasteiger partial charge on any atom is 0.246 e. The van der Waals surface area contributed by atoms with Crippen LogP contribution in [-0.4, -0.2) is 27.5 Å². The fraction of sp³-hybridized carbons (Fsp3) is 0.160. The summed E-state index contributed by atoms with van der Waals surface area (Å²) < 4.78 is 5.36. The van der Waals surface area contributed by atoms with E-state index in [0.29, 0.717) is 31.2 Å². The van der Waals surface area contributed by atoms with E-state index in [-0.39, 0.29) is 5.91 Å². The molecule has 0 fully saturated rings. The molecule has 0 saturated heterocycles. The zero-order valence-corrected chi connectivity index (χ0v) is 16.9. The Kier molecular flexibility index (Phi) is 5.99. The fourth-order valence-electron chi connectivity index (χ4n) is 3.30. The first kappa shape index (κ1) is 19.6. The van der Waals surface area contributed by atoms with Gasteiger partial charge in [-0.05, 0) is 23.6 Å². The van der Waals surface area contributed by atoms with E-state index in [0.717, 1.165) is 22.3 Å². The minimum absolute atomic E-state index is 0.0319. The van der Waals surface area contributed by atoms with Crippen molar-refractivity contribution in [3.8, 4) is 22.5 Å². The molecule has 0 unspecified atom stereocenters. The second kappa shape index (κ2) is 9.18. The maximum absolute atomic E-state index is 12.8. The van der Waals surface area contributed by atoms with Gasteiger partial charge in [-0.3, -0.25) is 4.79 Å². The van der Waals surface area contributed by atoms with Crippen LogP contribution in [0.3, 0.4) is 0 Å². The minimum Gasteiger partial charge on any atom is -0.337 e. The highest BCUT2D eigenvalue weighted by molar-refractivity contribution is 5.79. The van der Waals surface area contributed by atoms with Crippen LogP contribution >= 0.6 is 0 Å². The van der Waals surface area contributed by atoms with Crippen molar-refractivity contribution >= 4 is 5.91 Å². The van der Waals surface area contributed by atoms with Gasteiger partial charge in [0.05, 0.1) is 13.0 Å². The molecule has 0 saturated carbocycles. The predicted molar refractivity (Wildman–Crippen MR) is 116 cm³/mol. The number of benzene rings is 3. The number of rotatable bonds is 7. The van der Waals surface area contributed by atoms with E-state index in [1.54, 1.807) is 4.90 Å². The highest BCUT2D eigenvalue weighted by Crippen LogP contribution is 2.20. The summed E-state index contributed by atoms with van der Waals surface area (Å²) in [7, 11) is 0. The molecule has 5 nitrogen and oxygen atoms in total. The molecule has 4 aromatic rings. The van der Waals surface area contributed by atoms with Gasteiger partial charge >= 0.3 is 0 Å². The number of hydrogen-bond donors (Lipinski definition) is 0. The average Bonchev–Trinajstić information content (AvgIpc) is 3.28. The van der Waals surface area contributed by atoms with Crippen molar-refractivity contribution in [2.75, 3.05) is 6.54 Å². The summed E-state index contributed by atoms with van der Waals surface area (Å²) in [5, 5.41) is 4.03. The van der Waals surface area contributed by atoms with Crippen molar-refractivity contribution < 1.29 is 9.32 Å². The van der Waals surface area contributed by atoms with E-state index in [9.17, 15) is 4.79 Å². The molecule has 0 aliphatic heterocycles. The van der Waals surface area contributed by atoms with Crippen molar-refractivity contribution in [2.45, 2.75) is 19.9 Å². The molecular formula is C25H23N3O2. The highest BCUT2D eigenvalue weighted by Gasteiger charge is 2.17. The summed E-state index contributed by atoms with van der Waals surface area (Å²) in [6.45, 7) is 2.83. The van der Waals surface area contributed by atoms with Crippen LogP contribution < -0.4 is 0 Å². The van der Waals surface area contributed by atoms with Gasteiger partial charge in [0.15, 0.2) is 0 Å². The van der Waals surface area contributed by atoms with Gasteiger partial charge in [0.1, 0.15) is 0 Å². The fourth-order valence-corrected chi connectivity index (χ4v) is 3.30. The van der Waals surface area contributed by atoms with Gasteiger partial charge in [-0.15, -0.1) is 0 Å². The predicted octanol–water partition coefficient (Wildman–Crippen LogP) is 4.99. The lowest BCUT2D eigenvalue weighted by Crippen LogP contribution is -2.31. The zero-order valence-electron chi connectivity index (χ0n) is 16.9. The Hall–Kier alpha value is -3.73. The first-order valence-corrected chi connectivity index (χ1v) is 10.0. The van der Waals surface area contributed by atoms with E-state index in [4.69, 9.17) is 4.52 Å². The molecule has 1 heterocycles. The Bertz CT molecular complexity index is 1090. The number of hydrogen-bond acceptors (Lipinski definition) is 4. The lowest BCUT2D eigenvalue weighted by Gasteiger charge is -2.18. The van der Waals surface area contributed by atoms with E-state index in [1.807, 2.05) is 67.6 Å². The average molecular weight is 397 g/mol. The lowest BCUT2D eigenvalue weighted by molar-refractivity contribution is -0.131. The zero-order chi connectivity index (χ0) is 20.8. The highest BCUT2D eigenvalue weighted by atomic mass is 16.5. The van der Waals surface area contributed by atoms with Crippen LogP contribution in [-0.2, 0) is 17.8 Å². The summed E-state index contributed by atoms with van der Waals surface area (Å²) in [4.78, 5) is 19.0. The van der Waals surface area contributed by atoms with Gasteiger partial charge in [0.25, 0.3) is 0 Å². The largest absolute Gasteiger partial charge is 0.337 e. The van der Waals surface area contributed by atoms with Crippen LogP contribution in [0.1, 0.15) is 18.4 Å². The smallest absolute Gasteiger partial charge is 0.246 e. The van der Waals surface area contributed by atoms with E-state index >= 15 is 0 Å². The molecule has 0 aliphatic rings. The molecule has 3 aromatic carbocycles. The molecule has 150 valence electrons. The van der Waals surface area contributed by atoms with Crippen LogP contribution in [0.25, 0.3) is 22.5 Å². The first-order chi connectivity index (χ1) is 14.7. The molecular weight excluding hydrogens is 374 g/mol. The molecule has 1 amide bonds. The number of carbonyl (C=O) groups is 1. The second-order valence-corrected chi connectivity index (χ2v) is 7.03. The molecule has 5 heteroatoms. The molecule has 0 N–H and O–H groups in total. The van der Waals surface area contributed by atoms with Crippen molar-refractivity contribution in [1.29, 1.82) is 0 Å². The number of likely N-dealkylation sites (N-methyl/N-ethyl adjacent to an activating group) is 1. The van der Waals surface area contributed by atoms with Crippen molar-refractivity contribution in [3.63, 3.8) is 0 Å². The molecule has 1 aromatic heterocycles. The van der Waals surface area contributed by atoms with Gasteiger partial charge in [0.2, 0.25) is 17.6 Å². The van der Waals surface area contributed by atoms with E-state index < -0.39 is 0 Å². The molecule has 0 radical (unpaired) electrons. The van der Waals surface area contributed by atoms with Gasteiger partial charge in [-0.1, -0.05) is 90.1 Å². The van der Waals surface area contributed by atoms with E-state index in [1.165, 1.54) is 0 Å². The molecule has 4 rings (SSSR count). The Morgan fingerprint density at radius 1 is 0.833 bits per heavy atom. The van der Waals surface area contributed by atoms with Crippen LogP contribution in [0.15, 0.2) is 89.5 Å². The maximum atomic E-state index is 12.8. The molecule has 0 atom stereocenters. The third-order valence-corrected chi connectivity index (χ3v) is 4.98.